The van der Waals surface area contributed by atoms with Crippen LogP contribution in [0.4, 0.5) is 0 Å². The van der Waals surface area contributed by atoms with Gasteiger partial charge in [-0.2, -0.15) is 5.26 Å². The van der Waals surface area contributed by atoms with Crippen molar-refractivity contribution in [2.75, 3.05) is 34.4 Å². The highest BCUT2D eigenvalue weighted by molar-refractivity contribution is 5.80. The van der Waals surface area contributed by atoms with Crippen LogP contribution in [-0.4, -0.2) is 45.2 Å². The number of benzene rings is 2. The molecule has 0 saturated carbocycles. The predicted molar refractivity (Wildman–Crippen MR) is 110 cm³/mol. The monoisotopic (exact) mass is 378 g/mol. The second kappa shape index (κ2) is 9.14. The lowest BCUT2D eigenvalue weighted by molar-refractivity contribution is 0.392. The first-order chi connectivity index (χ1) is 13.7. The summed E-state index contributed by atoms with van der Waals surface area (Å²) in [5.74, 6) is 2.92. The zero-order chi connectivity index (χ0) is 19.9. The van der Waals surface area contributed by atoms with E-state index in [4.69, 9.17) is 14.7 Å². The Morgan fingerprint density at radius 2 is 1.86 bits per heavy atom. The van der Waals surface area contributed by atoms with Crippen molar-refractivity contribution in [2.45, 2.75) is 18.9 Å². The lowest BCUT2D eigenvalue weighted by Crippen LogP contribution is -2.39. The van der Waals surface area contributed by atoms with Crippen molar-refractivity contribution >= 4 is 5.96 Å². The molecule has 1 fully saturated rings. The number of methoxy groups -OCH3 is 2. The molecule has 1 aliphatic rings. The van der Waals surface area contributed by atoms with Crippen LogP contribution in [-0.2, 0) is 6.54 Å². The van der Waals surface area contributed by atoms with Crippen molar-refractivity contribution in [2.24, 2.45) is 4.99 Å². The summed E-state index contributed by atoms with van der Waals surface area (Å²) in [6.45, 7) is 2.51. The molecule has 2 aromatic rings. The highest BCUT2D eigenvalue weighted by atomic mass is 16.5. The summed E-state index contributed by atoms with van der Waals surface area (Å²) in [7, 11) is 5.16. The van der Waals surface area contributed by atoms with Gasteiger partial charge in [-0.3, -0.25) is 4.99 Å². The molecule has 6 nitrogen and oxygen atoms in total. The summed E-state index contributed by atoms with van der Waals surface area (Å²) >= 11 is 0. The van der Waals surface area contributed by atoms with E-state index >= 15 is 0 Å². The van der Waals surface area contributed by atoms with E-state index in [2.05, 4.69) is 33.4 Å². The molecule has 1 heterocycles. The Morgan fingerprint density at radius 1 is 1.18 bits per heavy atom. The number of rotatable bonds is 5. The number of nitrogens with one attached hydrogen (secondary N) is 1. The first-order valence-electron chi connectivity index (χ1n) is 9.34. The van der Waals surface area contributed by atoms with Crippen LogP contribution in [0.1, 0.15) is 29.0 Å². The summed E-state index contributed by atoms with van der Waals surface area (Å²) in [6, 6.07) is 15.8. The maximum atomic E-state index is 8.91. The van der Waals surface area contributed by atoms with Crippen molar-refractivity contribution in [3.8, 4) is 17.6 Å². The molecule has 0 amide bonds. The van der Waals surface area contributed by atoms with Crippen LogP contribution in [0.25, 0.3) is 0 Å². The number of nitrogens with zero attached hydrogens (tertiary/aromatic N) is 3. The van der Waals surface area contributed by atoms with Crippen LogP contribution < -0.4 is 14.8 Å². The molecule has 0 radical (unpaired) electrons. The van der Waals surface area contributed by atoms with Gasteiger partial charge in [-0.05, 0) is 41.8 Å². The van der Waals surface area contributed by atoms with Gasteiger partial charge in [0.2, 0.25) is 0 Å². The lowest BCUT2D eigenvalue weighted by atomic mass is 9.98. The second-order valence-corrected chi connectivity index (χ2v) is 6.79. The minimum absolute atomic E-state index is 0.400. The highest BCUT2D eigenvalue weighted by Gasteiger charge is 2.26. The van der Waals surface area contributed by atoms with Crippen molar-refractivity contribution in [3.05, 3.63) is 59.2 Å². The quantitative estimate of drug-likeness (QED) is 0.639. The largest absolute Gasteiger partial charge is 0.497 e. The van der Waals surface area contributed by atoms with Crippen LogP contribution >= 0.6 is 0 Å². The third-order valence-electron chi connectivity index (χ3n) is 5.08. The van der Waals surface area contributed by atoms with Crippen molar-refractivity contribution in [1.82, 2.24) is 10.2 Å². The minimum atomic E-state index is 0.400. The van der Waals surface area contributed by atoms with Gasteiger partial charge in [-0.1, -0.05) is 12.1 Å². The topological polar surface area (TPSA) is 69.9 Å². The van der Waals surface area contributed by atoms with Crippen molar-refractivity contribution in [3.63, 3.8) is 0 Å². The first kappa shape index (κ1) is 19.6. The van der Waals surface area contributed by atoms with Crippen LogP contribution in [0.2, 0.25) is 0 Å². The molecular weight excluding hydrogens is 352 g/mol. The molecule has 1 atom stereocenters. The third-order valence-corrected chi connectivity index (χ3v) is 5.08. The molecule has 0 bridgehead atoms. The summed E-state index contributed by atoms with van der Waals surface area (Å²) in [4.78, 5) is 6.72. The predicted octanol–water partition coefficient (Wildman–Crippen LogP) is 3.14. The second-order valence-electron chi connectivity index (χ2n) is 6.79. The van der Waals surface area contributed by atoms with Gasteiger partial charge in [0.25, 0.3) is 0 Å². The Morgan fingerprint density at radius 3 is 2.43 bits per heavy atom. The molecule has 0 aliphatic carbocycles. The van der Waals surface area contributed by atoms with Gasteiger partial charge in [0.05, 0.1) is 25.9 Å². The van der Waals surface area contributed by atoms with Gasteiger partial charge in [0.1, 0.15) is 11.5 Å². The Bertz CT molecular complexity index is 849. The molecule has 0 spiro atoms. The van der Waals surface area contributed by atoms with Crippen LogP contribution in [0.5, 0.6) is 11.5 Å². The van der Waals surface area contributed by atoms with Gasteiger partial charge < -0.3 is 19.7 Å². The molecule has 6 heteroatoms. The van der Waals surface area contributed by atoms with Crippen molar-refractivity contribution < 1.29 is 9.47 Å². The average Bonchev–Trinajstić information content (AvgIpc) is 3.24. The molecule has 28 heavy (non-hydrogen) atoms. The summed E-state index contributed by atoms with van der Waals surface area (Å²) in [6.07, 6.45) is 1.05. The van der Waals surface area contributed by atoms with Crippen LogP contribution in [0.3, 0.4) is 0 Å². The molecule has 1 saturated heterocycles. The van der Waals surface area contributed by atoms with Gasteiger partial charge in [0.15, 0.2) is 5.96 Å². The van der Waals surface area contributed by atoms with E-state index < -0.39 is 0 Å². The smallest absolute Gasteiger partial charge is 0.193 e. The fourth-order valence-electron chi connectivity index (χ4n) is 3.50. The SMILES string of the molecule is CN=C(NCc1ccc(C#N)cc1)N1CCC(c2cc(OC)cc(OC)c2)C1. The highest BCUT2D eigenvalue weighted by Crippen LogP contribution is 2.32. The number of likely N-dealkylation sites (tertiary alicyclic amines) is 1. The van der Waals surface area contributed by atoms with E-state index in [-0.39, 0.29) is 0 Å². The number of hydrogen-bond acceptors (Lipinski definition) is 4. The van der Waals surface area contributed by atoms with Gasteiger partial charge in [0, 0.05) is 38.7 Å². The van der Waals surface area contributed by atoms with E-state index in [0.717, 1.165) is 42.5 Å². The number of hydrogen-bond donors (Lipinski definition) is 1. The standard InChI is InChI=1S/C22H26N4O2/c1-24-22(25-14-17-6-4-16(13-23)5-7-17)26-9-8-18(15-26)19-10-20(27-2)12-21(11-19)28-3/h4-7,10-12,18H,8-9,14-15H2,1-3H3,(H,24,25). The molecule has 1 N–H and O–H groups in total. The fourth-order valence-corrected chi connectivity index (χ4v) is 3.50. The van der Waals surface area contributed by atoms with E-state index in [0.29, 0.717) is 18.0 Å². The Labute approximate surface area is 166 Å². The summed E-state index contributed by atoms with van der Waals surface area (Å²) in [5.41, 5.74) is 3.01. The van der Waals surface area contributed by atoms with Gasteiger partial charge in [-0.25, -0.2) is 0 Å². The molecule has 1 unspecified atom stereocenters. The van der Waals surface area contributed by atoms with Gasteiger partial charge >= 0.3 is 0 Å². The maximum Gasteiger partial charge on any atom is 0.193 e. The minimum Gasteiger partial charge on any atom is -0.497 e. The number of aliphatic imine (C=N–C) groups is 1. The van der Waals surface area contributed by atoms with Crippen LogP contribution in [0, 0.1) is 11.3 Å². The number of nitriles is 1. The van der Waals surface area contributed by atoms with E-state index in [1.807, 2.05) is 37.4 Å². The van der Waals surface area contributed by atoms with Gasteiger partial charge in [-0.15, -0.1) is 0 Å². The van der Waals surface area contributed by atoms with Crippen molar-refractivity contribution in [1.29, 1.82) is 5.26 Å². The Balaban J connectivity index is 1.63. The average molecular weight is 378 g/mol. The molecule has 1 aliphatic heterocycles. The van der Waals surface area contributed by atoms with E-state index in [1.54, 1.807) is 14.2 Å². The first-order valence-corrected chi connectivity index (χ1v) is 9.34. The molecule has 2 aromatic carbocycles. The molecule has 0 aromatic heterocycles. The molecule has 146 valence electrons. The molecular formula is C22H26N4O2. The zero-order valence-electron chi connectivity index (χ0n) is 16.6. The number of guanidine groups is 1. The Hall–Kier alpha value is -3.20. The van der Waals surface area contributed by atoms with Crippen LogP contribution in [0.15, 0.2) is 47.5 Å². The lowest BCUT2D eigenvalue weighted by Gasteiger charge is -2.22. The summed E-state index contributed by atoms with van der Waals surface area (Å²) < 4.78 is 10.8. The van der Waals surface area contributed by atoms with E-state index in [1.165, 1.54) is 5.56 Å². The molecule has 3 rings (SSSR count). The van der Waals surface area contributed by atoms with E-state index in [9.17, 15) is 0 Å². The number of ether oxygens (including phenoxy) is 2. The fraction of sp³-hybridized carbons (Fsp3) is 0.364. The summed E-state index contributed by atoms with van der Waals surface area (Å²) in [5, 5.41) is 12.3. The normalized spacial score (nSPS) is 16.6. The third kappa shape index (κ3) is 4.55. The Kier molecular flexibility index (Phi) is 6.38. The zero-order valence-corrected chi connectivity index (χ0v) is 16.6. The maximum absolute atomic E-state index is 8.91.